The summed E-state index contributed by atoms with van der Waals surface area (Å²) in [7, 11) is 1.57. The maximum Gasteiger partial charge on any atom is 0.306 e. The zero-order valence-corrected chi connectivity index (χ0v) is 15.1. The van der Waals surface area contributed by atoms with Gasteiger partial charge in [-0.1, -0.05) is 6.92 Å². The van der Waals surface area contributed by atoms with E-state index in [4.69, 9.17) is 5.11 Å². The summed E-state index contributed by atoms with van der Waals surface area (Å²) in [6.07, 6.45) is 2.76. The van der Waals surface area contributed by atoms with Crippen LogP contribution in [0.1, 0.15) is 45.4 Å². The number of nitrogens with one attached hydrogen (secondary N) is 1. The van der Waals surface area contributed by atoms with E-state index in [1.165, 1.54) is 4.90 Å². The number of likely N-dealkylation sites (tertiary alicyclic amines) is 1. The number of nitrogens with zero attached hydrogens (tertiary/aromatic N) is 2. The van der Waals surface area contributed by atoms with Gasteiger partial charge in [0, 0.05) is 39.5 Å². The minimum Gasteiger partial charge on any atom is -0.481 e. The molecule has 0 unspecified atom stereocenters. The molecule has 0 atom stereocenters. The molecule has 1 rings (SSSR count). The van der Waals surface area contributed by atoms with Crippen LogP contribution in [0.2, 0.25) is 0 Å². The van der Waals surface area contributed by atoms with Gasteiger partial charge >= 0.3 is 5.97 Å². The van der Waals surface area contributed by atoms with Crippen molar-refractivity contribution < 1.29 is 24.3 Å². The third kappa shape index (κ3) is 7.53. The van der Waals surface area contributed by atoms with Gasteiger partial charge in [0.15, 0.2) is 0 Å². The Morgan fingerprint density at radius 2 is 1.80 bits per heavy atom. The molecule has 3 amide bonds. The van der Waals surface area contributed by atoms with Crippen LogP contribution in [-0.2, 0) is 19.2 Å². The third-order valence-corrected chi connectivity index (χ3v) is 4.36. The SMILES string of the molecule is CCCNC(=O)CCCC(=O)N(C)CC(=O)N1CCC(C(=O)O)CC1. The van der Waals surface area contributed by atoms with E-state index >= 15 is 0 Å². The van der Waals surface area contributed by atoms with Gasteiger partial charge in [-0.2, -0.15) is 0 Å². The molecule has 1 aliphatic rings. The van der Waals surface area contributed by atoms with Crippen molar-refractivity contribution in [3.8, 4) is 0 Å². The number of carboxylic acid groups (broad SMARTS) is 1. The van der Waals surface area contributed by atoms with Crippen LogP contribution in [0.4, 0.5) is 0 Å². The van der Waals surface area contributed by atoms with Gasteiger partial charge in [-0.3, -0.25) is 19.2 Å². The average Bonchev–Trinajstić information content (AvgIpc) is 2.59. The fraction of sp³-hybridized carbons (Fsp3) is 0.765. The van der Waals surface area contributed by atoms with Gasteiger partial charge in [0.05, 0.1) is 12.5 Å². The second-order valence-corrected chi connectivity index (χ2v) is 6.45. The van der Waals surface area contributed by atoms with Crippen molar-refractivity contribution in [1.29, 1.82) is 0 Å². The van der Waals surface area contributed by atoms with Crippen LogP contribution in [0.25, 0.3) is 0 Å². The Hall–Kier alpha value is -2.12. The zero-order chi connectivity index (χ0) is 18.8. The third-order valence-electron chi connectivity index (χ3n) is 4.36. The molecule has 142 valence electrons. The lowest BCUT2D eigenvalue weighted by molar-refractivity contribution is -0.146. The number of likely N-dealkylation sites (N-methyl/N-ethyl adjacent to an activating group) is 1. The van der Waals surface area contributed by atoms with Gasteiger partial charge < -0.3 is 20.2 Å². The lowest BCUT2D eigenvalue weighted by atomic mass is 9.97. The fourth-order valence-electron chi connectivity index (χ4n) is 2.71. The van der Waals surface area contributed by atoms with E-state index in [0.29, 0.717) is 45.3 Å². The molecule has 1 saturated heterocycles. The smallest absolute Gasteiger partial charge is 0.306 e. The van der Waals surface area contributed by atoms with Crippen LogP contribution in [0, 0.1) is 5.92 Å². The molecular formula is C17H29N3O5. The molecule has 2 N–H and O–H groups in total. The number of carbonyl (C=O) groups is 4. The van der Waals surface area contributed by atoms with Crippen LogP contribution in [0.5, 0.6) is 0 Å². The maximum absolute atomic E-state index is 12.2. The molecule has 0 aromatic rings. The molecule has 1 fully saturated rings. The second kappa shape index (κ2) is 10.7. The average molecular weight is 355 g/mol. The number of piperidine rings is 1. The largest absolute Gasteiger partial charge is 0.481 e. The molecule has 1 aliphatic heterocycles. The first-order valence-electron chi connectivity index (χ1n) is 8.86. The first-order valence-corrected chi connectivity index (χ1v) is 8.86. The Labute approximate surface area is 148 Å². The monoisotopic (exact) mass is 355 g/mol. The molecule has 25 heavy (non-hydrogen) atoms. The van der Waals surface area contributed by atoms with Crippen LogP contribution in [-0.4, -0.2) is 71.8 Å². The Kier molecular flexibility index (Phi) is 8.94. The highest BCUT2D eigenvalue weighted by Crippen LogP contribution is 2.17. The minimum atomic E-state index is -0.817. The topological polar surface area (TPSA) is 107 Å². The van der Waals surface area contributed by atoms with Crippen molar-refractivity contribution in [2.45, 2.75) is 45.4 Å². The highest BCUT2D eigenvalue weighted by atomic mass is 16.4. The molecule has 0 aliphatic carbocycles. The first kappa shape index (κ1) is 20.9. The van der Waals surface area contributed by atoms with Crippen molar-refractivity contribution in [1.82, 2.24) is 15.1 Å². The highest BCUT2D eigenvalue weighted by Gasteiger charge is 2.27. The van der Waals surface area contributed by atoms with Gasteiger partial charge in [-0.25, -0.2) is 0 Å². The van der Waals surface area contributed by atoms with E-state index in [1.54, 1.807) is 11.9 Å². The normalized spacial score (nSPS) is 14.9. The van der Waals surface area contributed by atoms with E-state index in [1.807, 2.05) is 6.92 Å². The zero-order valence-electron chi connectivity index (χ0n) is 15.1. The minimum absolute atomic E-state index is 0.0153. The molecule has 1 heterocycles. The van der Waals surface area contributed by atoms with Crippen LogP contribution >= 0.6 is 0 Å². The summed E-state index contributed by atoms with van der Waals surface area (Å²) in [5, 5.41) is 11.7. The predicted octanol–water partition coefficient (Wildman–Crippen LogP) is 0.465. The number of carboxylic acids is 1. The van der Waals surface area contributed by atoms with E-state index < -0.39 is 5.97 Å². The number of carbonyl (C=O) groups excluding carboxylic acids is 3. The number of amides is 3. The number of rotatable bonds is 9. The molecule has 8 nitrogen and oxygen atoms in total. The van der Waals surface area contributed by atoms with Crippen molar-refractivity contribution in [3.63, 3.8) is 0 Å². The Morgan fingerprint density at radius 1 is 1.16 bits per heavy atom. The van der Waals surface area contributed by atoms with Crippen LogP contribution in [0.3, 0.4) is 0 Å². The maximum atomic E-state index is 12.2. The van der Waals surface area contributed by atoms with Crippen LogP contribution in [0.15, 0.2) is 0 Å². The van der Waals surface area contributed by atoms with Gasteiger partial charge in [-0.15, -0.1) is 0 Å². The summed E-state index contributed by atoms with van der Waals surface area (Å²) in [5.74, 6) is -1.60. The van der Waals surface area contributed by atoms with E-state index in [-0.39, 0.29) is 36.6 Å². The van der Waals surface area contributed by atoms with Crippen molar-refractivity contribution in [3.05, 3.63) is 0 Å². The molecule has 0 aromatic heterocycles. The van der Waals surface area contributed by atoms with Gasteiger partial charge in [0.2, 0.25) is 17.7 Å². The summed E-state index contributed by atoms with van der Waals surface area (Å²) in [5.41, 5.74) is 0. The quantitative estimate of drug-likeness (QED) is 0.625. The van der Waals surface area contributed by atoms with Crippen molar-refractivity contribution >= 4 is 23.7 Å². The highest BCUT2D eigenvalue weighted by molar-refractivity contribution is 5.85. The molecular weight excluding hydrogens is 326 g/mol. The Bertz CT molecular complexity index is 487. The summed E-state index contributed by atoms with van der Waals surface area (Å²) in [6.45, 7) is 3.42. The molecule has 0 radical (unpaired) electrons. The van der Waals surface area contributed by atoms with E-state index in [9.17, 15) is 19.2 Å². The second-order valence-electron chi connectivity index (χ2n) is 6.45. The predicted molar refractivity (Wildman–Crippen MR) is 91.7 cm³/mol. The number of hydrogen-bond donors (Lipinski definition) is 2. The molecule has 0 saturated carbocycles. The van der Waals surface area contributed by atoms with Gasteiger partial charge in [-0.05, 0) is 25.7 Å². The summed E-state index contributed by atoms with van der Waals surface area (Å²) in [6, 6.07) is 0. The summed E-state index contributed by atoms with van der Waals surface area (Å²) in [4.78, 5) is 49.6. The van der Waals surface area contributed by atoms with Crippen molar-refractivity contribution in [2.24, 2.45) is 5.92 Å². The Morgan fingerprint density at radius 3 is 2.36 bits per heavy atom. The number of aliphatic carboxylic acids is 1. The molecule has 0 aromatic carbocycles. The van der Waals surface area contributed by atoms with E-state index in [2.05, 4.69) is 5.32 Å². The molecule has 0 bridgehead atoms. The first-order chi connectivity index (χ1) is 11.8. The lowest BCUT2D eigenvalue weighted by Crippen LogP contribution is -2.45. The molecule has 8 heteroatoms. The molecule has 0 spiro atoms. The van der Waals surface area contributed by atoms with Crippen LogP contribution < -0.4 is 5.32 Å². The summed E-state index contributed by atoms with van der Waals surface area (Å²) < 4.78 is 0. The standard InChI is InChI=1S/C17H29N3O5/c1-3-9-18-14(21)5-4-6-15(22)19(2)12-16(23)20-10-7-13(8-11-20)17(24)25/h13H,3-12H2,1-2H3,(H,18,21)(H,24,25). The van der Waals surface area contributed by atoms with Crippen molar-refractivity contribution in [2.75, 3.05) is 33.2 Å². The lowest BCUT2D eigenvalue weighted by Gasteiger charge is -2.31. The van der Waals surface area contributed by atoms with Gasteiger partial charge in [0.25, 0.3) is 0 Å². The fourth-order valence-corrected chi connectivity index (χ4v) is 2.71. The number of hydrogen-bond acceptors (Lipinski definition) is 4. The summed E-state index contributed by atoms with van der Waals surface area (Å²) >= 11 is 0. The Balaban J connectivity index is 2.27. The van der Waals surface area contributed by atoms with E-state index in [0.717, 1.165) is 6.42 Å². The van der Waals surface area contributed by atoms with Gasteiger partial charge in [0.1, 0.15) is 0 Å².